The van der Waals surface area contributed by atoms with E-state index < -0.39 is 0 Å². The van der Waals surface area contributed by atoms with Gasteiger partial charge >= 0.3 is 0 Å². The minimum atomic E-state index is -0.366. The molecule has 2 heterocycles. The first-order valence-electron chi connectivity index (χ1n) is 9.08. The van der Waals surface area contributed by atoms with Crippen molar-refractivity contribution in [2.45, 2.75) is 19.5 Å². The minimum absolute atomic E-state index is 0.0782. The van der Waals surface area contributed by atoms with Gasteiger partial charge in [-0.3, -0.25) is 4.79 Å². The van der Waals surface area contributed by atoms with Gasteiger partial charge in [-0.25, -0.2) is 9.97 Å². The molecule has 140 valence electrons. The number of carbonyl (C=O) groups is 1. The summed E-state index contributed by atoms with van der Waals surface area (Å²) in [4.78, 5) is 21.2. The predicted octanol–water partition coefficient (Wildman–Crippen LogP) is 4.10. The van der Waals surface area contributed by atoms with Gasteiger partial charge in [-0.05, 0) is 42.8 Å². The molecule has 0 saturated heterocycles. The highest BCUT2D eigenvalue weighted by Crippen LogP contribution is 2.20. The number of nitrogens with zero attached hydrogens (tertiary/aromatic N) is 3. The summed E-state index contributed by atoms with van der Waals surface area (Å²) in [6.45, 7) is 2.25. The lowest BCUT2D eigenvalue weighted by Crippen LogP contribution is -2.30. The van der Waals surface area contributed by atoms with Crippen molar-refractivity contribution in [3.05, 3.63) is 84.8 Å². The van der Waals surface area contributed by atoms with Crippen LogP contribution in [0.25, 0.3) is 11.0 Å². The molecular formula is C22H20N4O2. The second-order valence-electron chi connectivity index (χ2n) is 6.45. The molecule has 0 aliphatic heterocycles. The number of rotatable bonds is 6. The molecule has 0 spiro atoms. The maximum absolute atomic E-state index is 12.6. The molecule has 0 bridgehead atoms. The summed E-state index contributed by atoms with van der Waals surface area (Å²) in [5.74, 6) is 1.13. The Labute approximate surface area is 162 Å². The van der Waals surface area contributed by atoms with Crippen LogP contribution in [0.3, 0.4) is 0 Å². The maximum Gasteiger partial charge on any atom is 0.243 e. The molecule has 28 heavy (non-hydrogen) atoms. The molecule has 2 aromatic carbocycles. The summed E-state index contributed by atoms with van der Waals surface area (Å²) in [5.41, 5.74) is 2.73. The van der Waals surface area contributed by atoms with Crippen LogP contribution < -0.4 is 10.1 Å². The van der Waals surface area contributed by atoms with Crippen molar-refractivity contribution in [3.63, 3.8) is 0 Å². The summed E-state index contributed by atoms with van der Waals surface area (Å²) < 4.78 is 7.62. The number of hydrogen-bond donors (Lipinski definition) is 1. The molecule has 4 aromatic rings. The van der Waals surface area contributed by atoms with Crippen LogP contribution in [0.15, 0.2) is 79.3 Å². The van der Waals surface area contributed by atoms with Crippen molar-refractivity contribution in [2.24, 2.45) is 0 Å². The van der Waals surface area contributed by atoms with E-state index in [2.05, 4.69) is 15.3 Å². The normalized spacial score (nSPS) is 11.9. The van der Waals surface area contributed by atoms with Gasteiger partial charge in [0.15, 0.2) is 0 Å². The van der Waals surface area contributed by atoms with Gasteiger partial charge in [0.2, 0.25) is 11.8 Å². The fourth-order valence-corrected chi connectivity index (χ4v) is 2.98. The molecule has 0 radical (unpaired) electrons. The molecule has 1 atom stereocenters. The van der Waals surface area contributed by atoms with Gasteiger partial charge in [-0.15, -0.1) is 0 Å². The molecule has 1 amide bonds. The number of amides is 1. The molecule has 6 nitrogen and oxygen atoms in total. The number of hydrogen-bond acceptors (Lipinski definition) is 4. The topological polar surface area (TPSA) is 69.0 Å². The standard InChI is InChI=1S/C22H20N4O2/c1-16(26-15-25-19-9-5-6-10-20(19)26)22(27)24-14-17-11-12-23-21(13-17)28-18-7-3-2-4-8-18/h2-13,15-16H,14H2,1H3,(H,24,27). The number of para-hydroxylation sites is 3. The highest BCUT2D eigenvalue weighted by Gasteiger charge is 2.16. The quantitative estimate of drug-likeness (QED) is 0.553. The molecule has 0 fully saturated rings. The first kappa shape index (κ1) is 17.7. The summed E-state index contributed by atoms with van der Waals surface area (Å²) in [5, 5.41) is 2.97. The van der Waals surface area contributed by atoms with Crippen molar-refractivity contribution in [1.82, 2.24) is 19.9 Å². The van der Waals surface area contributed by atoms with E-state index >= 15 is 0 Å². The fourth-order valence-electron chi connectivity index (χ4n) is 2.98. The first-order chi connectivity index (χ1) is 13.7. The zero-order valence-electron chi connectivity index (χ0n) is 15.4. The third-order valence-corrected chi connectivity index (χ3v) is 4.51. The van der Waals surface area contributed by atoms with Crippen molar-refractivity contribution >= 4 is 16.9 Å². The van der Waals surface area contributed by atoms with Crippen LogP contribution in [0, 0.1) is 0 Å². The van der Waals surface area contributed by atoms with Gasteiger partial charge in [0.25, 0.3) is 0 Å². The van der Waals surface area contributed by atoms with E-state index in [1.807, 2.05) is 78.2 Å². The second kappa shape index (κ2) is 7.92. The van der Waals surface area contributed by atoms with E-state index in [0.29, 0.717) is 12.4 Å². The summed E-state index contributed by atoms with van der Waals surface area (Å²) >= 11 is 0. The number of imidazole rings is 1. The SMILES string of the molecule is CC(C(=O)NCc1ccnc(Oc2ccccc2)c1)n1cnc2ccccc21. The highest BCUT2D eigenvalue weighted by molar-refractivity contribution is 5.83. The van der Waals surface area contributed by atoms with E-state index in [9.17, 15) is 4.79 Å². The molecule has 1 N–H and O–H groups in total. The van der Waals surface area contributed by atoms with Crippen LogP contribution in [0.1, 0.15) is 18.5 Å². The lowest BCUT2D eigenvalue weighted by Gasteiger charge is -2.15. The van der Waals surface area contributed by atoms with Gasteiger partial charge in [0, 0.05) is 18.8 Å². The number of benzene rings is 2. The average Bonchev–Trinajstić information content (AvgIpc) is 3.16. The molecule has 2 aromatic heterocycles. The molecule has 0 saturated carbocycles. The molecular weight excluding hydrogens is 352 g/mol. The Morgan fingerprint density at radius 2 is 1.86 bits per heavy atom. The van der Waals surface area contributed by atoms with E-state index in [1.54, 1.807) is 12.5 Å². The molecule has 1 unspecified atom stereocenters. The monoisotopic (exact) mass is 372 g/mol. The Kier molecular flexibility index (Phi) is 5.01. The van der Waals surface area contributed by atoms with Crippen LogP contribution in [0.5, 0.6) is 11.6 Å². The van der Waals surface area contributed by atoms with E-state index in [1.165, 1.54) is 0 Å². The van der Waals surface area contributed by atoms with Crippen LogP contribution in [-0.2, 0) is 11.3 Å². The number of pyridine rings is 1. The largest absolute Gasteiger partial charge is 0.439 e. The van der Waals surface area contributed by atoms with E-state index in [-0.39, 0.29) is 11.9 Å². The number of nitrogens with one attached hydrogen (secondary N) is 1. The Balaban J connectivity index is 1.41. The Morgan fingerprint density at radius 3 is 2.71 bits per heavy atom. The Bertz CT molecular complexity index is 1090. The fraction of sp³-hybridized carbons (Fsp3) is 0.136. The second-order valence-corrected chi connectivity index (χ2v) is 6.45. The third kappa shape index (κ3) is 3.86. The van der Waals surface area contributed by atoms with Gasteiger partial charge in [0.1, 0.15) is 11.8 Å². The summed E-state index contributed by atoms with van der Waals surface area (Å²) in [6.07, 6.45) is 3.37. The van der Waals surface area contributed by atoms with Crippen LogP contribution in [0.4, 0.5) is 0 Å². The molecule has 4 rings (SSSR count). The zero-order valence-corrected chi connectivity index (χ0v) is 15.4. The Hall–Kier alpha value is -3.67. The third-order valence-electron chi connectivity index (χ3n) is 4.51. The van der Waals surface area contributed by atoms with E-state index in [0.717, 1.165) is 22.3 Å². The van der Waals surface area contributed by atoms with Crippen LogP contribution in [-0.4, -0.2) is 20.4 Å². The highest BCUT2D eigenvalue weighted by atomic mass is 16.5. The average molecular weight is 372 g/mol. The number of fused-ring (bicyclic) bond motifs is 1. The number of aromatic nitrogens is 3. The minimum Gasteiger partial charge on any atom is -0.439 e. The molecule has 0 aliphatic carbocycles. The molecule has 6 heteroatoms. The predicted molar refractivity (Wildman–Crippen MR) is 107 cm³/mol. The zero-order chi connectivity index (χ0) is 19.3. The van der Waals surface area contributed by atoms with Gasteiger partial charge in [-0.2, -0.15) is 0 Å². The molecule has 0 aliphatic rings. The number of ether oxygens (including phenoxy) is 1. The first-order valence-corrected chi connectivity index (χ1v) is 9.08. The Morgan fingerprint density at radius 1 is 1.07 bits per heavy atom. The van der Waals surface area contributed by atoms with Crippen LogP contribution in [0.2, 0.25) is 0 Å². The van der Waals surface area contributed by atoms with E-state index in [4.69, 9.17) is 4.74 Å². The van der Waals surface area contributed by atoms with Gasteiger partial charge in [-0.1, -0.05) is 30.3 Å². The van der Waals surface area contributed by atoms with Crippen molar-refractivity contribution in [1.29, 1.82) is 0 Å². The van der Waals surface area contributed by atoms with Gasteiger partial charge < -0.3 is 14.6 Å². The maximum atomic E-state index is 12.6. The van der Waals surface area contributed by atoms with Crippen LogP contribution >= 0.6 is 0 Å². The van der Waals surface area contributed by atoms with Crippen molar-refractivity contribution < 1.29 is 9.53 Å². The summed E-state index contributed by atoms with van der Waals surface area (Å²) in [7, 11) is 0. The van der Waals surface area contributed by atoms with Gasteiger partial charge in [0.05, 0.1) is 17.4 Å². The summed E-state index contributed by atoms with van der Waals surface area (Å²) in [6, 6.07) is 20.6. The lowest BCUT2D eigenvalue weighted by molar-refractivity contribution is -0.123. The van der Waals surface area contributed by atoms with Crippen molar-refractivity contribution in [3.8, 4) is 11.6 Å². The van der Waals surface area contributed by atoms with Crippen molar-refractivity contribution in [2.75, 3.05) is 0 Å². The number of carbonyl (C=O) groups excluding carboxylic acids is 1. The lowest BCUT2D eigenvalue weighted by atomic mass is 10.2. The smallest absolute Gasteiger partial charge is 0.243 e.